The fraction of sp³-hybridized carbons (Fsp3) is 0.185. The summed E-state index contributed by atoms with van der Waals surface area (Å²) in [7, 11) is 17.9. The Labute approximate surface area is 189 Å². The van der Waals surface area contributed by atoms with Gasteiger partial charge in [0.15, 0.2) is 0 Å². The van der Waals surface area contributed by atoms with E-state index in [0.29, 0.717) is 7.37 Å². The Bertz CT molecular complexity index is 1250. The van der Waals surface area contributed by atoms with Gasteiger partial charge in [-0.15, -0.1) is 0 Å². The van der Waals surface area contributed by atoms with E-state index in [-0.39, 0.29) is 7.25 Å². The molecule has 0 N–H and O–H groups in total. The van der Waals surface area contributed by atoms with Crippen LogP contribution < -0.4 is 3.27 Å². The average Bonchev–Trinajstić information content (AvgIpc) is 3.25. The Morgan fingerprint density at radius 3 is 1.48 bits per heavy atom. The van der Waals surface area contributed by atoms with Crippen LogP contribution in [-0.4, -0.2) is 7.37 Å². The normalized spacial score (nSPS) is 23.6. The molecule has 31 heavy (non-hydrogen) atoms. The molecule has 0 bridgehead atoms. The first-order chi connectivity index (χ1) is 14.4. The molecule has 159 valence electrons. The molecule has 2 atom stereocenters. The molecule has 0 aromatic heterocycles. The number of hydrogen-bond acceptors (Lipinski definition) is 0. The maximum atomic E-state index is 8.63. The Balaban J connectivity index is 1.99. The Kier molecular flexibility index (Phi) is 4.08. The molecule has 2 aliphatic carbocycles. The van der Waals surface area contributed by atoms with Crippen LogP contribution in [0.15, 0.2) is 90.0 Å². The number of hydrogen-bond donors (Lipinski definition) is 0. The topological polar surface area (TPSA) is 0 Å². The molecule has 0 saturated heterocycles. The van der Waals surface area contributed by atoms with Crippen LogP contribution in [0.4, 0.5) is 0 Å². The number of rotatable bonds is 3. The summed E-state index contributed by atoms with van der Waals surface area (Å²) in [6, 6.07) is 28.0. The molecule has 4 heteroatoms. The first kappa shape index (κ1) is 21.7. The second-order valence-corrected chi connectivity index (χ2v) is 84.4. The maximum absolute atomic E-state index is 8.63. The van der Waals surface area contributed by atoms with Crippen LogP contribution in [0, 0.1) is 0 Å². The van der Waals surface area contributed by atoms with Gasteiger partial charge in [0.2, 0.25) is 0 Å². The molecule has 0 aliphatic heterocycles. The Morgan fingerprint density at radius 1 is 0.645 bits per heavy atom. The summed E-state index contributed by atoms with van der Waals surface area (Å²) >= 11 is -5.90. The summed E-state index contributed by atoms with van der Waals surface area (Å²) in [6.07, 6.45) is 4.61. The number of benzene rings is 3. The second-order valence-electron chi connectivity index (χ2n) is 11.3. The van der Waals surface area contributed by atoms with Crippen molar-refractivity contribution in [2.24, 2.45) is 0 Å². The summed E-state index contributed by atoms with van der Waals surface area (Å²) < 4.78 is 3.46. The zero-order valence-corrected chi connectivity index (χ0v) is 24.5. The van der Waals surface area contributed by atoms with Crippen molar-refractivity contribution in [1.29, 1.82) is 0 Å². The predicted molar refractivity (Wildman–Crippen MR) is 139 cm³/mol. The Hall–Kier alpha value is -1.18. The minimum absolute atomic E-state index is 0.00940. The zero-order chi connectivity index (χ0) is 22.2. The van der Waals surface area contributed by atoms with E-state index < -0.39 is 12.6 Å². The molecular weight excluding hydrogens is 515 g/mol. The summed E-state index contributed by atoms with van der Waals surface area (Å²) in [6.45, 7) is 4.46. The van der Waals surface area contributed by atoms with Crippen molar-refractivity contribution in [3.05, 3.63) is 112 Å². The van der Waals surface area contributed by atoms with E-state index in [1.807, 2.05) is 0 Å². The van der Waals surface area contributed by atoms with E-state index in [4.69, 9.17) is 17.0 Å². The molecule has 0 radical (unpaired) electrons. The van der Waals surface area contributed by atoms with Crippen molar-refractivity contribution in [3.63, 3.8) is 0 Å². The van der Waals surface area contributed by atoms with E-state index >= 15 is 0 Å². The van der Waals surface area contributed by atoms with Gasteiger partial charge in [-0.3, -0.25) is 0 Å². The van der Waals surface area contributed by atoms with Crippen molar-refractivity contribution in [3.8, 4) is 0 Å². The monoisotopic (exact) mass is 541 g/mol. The standard InChI is InChI=1S/2C10H9.C6H5.CH3.2ClH.H3Si.Zr/c2*1-8-6-9-4-2-3-5-10(9)7-8;1-2-4-6-5-3-1;;;;;/h2*2-7H,1H3;1-5H;1H3;2*1H;1H3;/q;;;;;;;+2/p-2. The third kappa shape index (κ3) is 2.63. The van der Waals surface area contributed by atoms with Gasteiger partial charge in [-0.25, -0.2) is 0 Å². The van der Waals surface area contributed by atoms with Crippen molar-refractivity contribution in [2.45, 2.75) is 25.7 Å². The fourth-order valence-corrected chi connectivity index (χ4v) is 49.1. The van der Waals surface area contributed by atoms with Crippen LogP contribution in [0.5, 0.6) is 0 Å². The van der Waals surface area contributed by atoms with Crippen LogP contribution in [0.2, 0.25) is 4.63 Å². The van der Waals surface area contributed by atoms with E-state index in [1.54, 1.807) is 0 Å². The number of fused-ring (bicyclic) bond motifs is 2. The van der Waals surface area contributed by atoms with E-state index in [9.17, 15) is 0 Å². The molecule has 5 rings (SSSR count). The van der Waals surface area contributed by atoms with Crippen LogP contribution >= 0.6 is 17.0 Å². The van der Waals surface area contributed by atoms with Gasteiger partial charge in [0, 0.05) is 0 Å². The summed E-state index contributed by atoms with van der Waals surface area (Å²) in [4.78, 5) is 0. The van der Waals surface area contributed by atoms with Crippen molar-refractivity contribution < 1.29 is 12.6 Å². The van der Waals surface area contributed by atoms with Crippen LogP contribution in [0.1, 0.15) is 43.4 Å². The molecule has 3 aromatic carbocycles. The molecule has 0 spiro atoms. The molecular formula is C27H29Cl2SiZr. The van der Waals surface area contributed by atoms with E-state index in [1.165, 1.54) is 33.4 Å². The summed E-state index contributed by atoms with van der Waals surface area (Å²) in [5.74, 6) is 0. The number of allylic oxidation sites excluding steroid dienone is 2. The van der Waals surface area contributed by atoms with Crippen LogP contribution in [0.25, 0.3) is 12.2 Å². The van der Waals surface area contributed by atoms with Gasteiger partial charge in [0.25, 0.3) is 0 Å². The van der Waals surface area contributed by atoms with Gasteiger partial charge in [0.05, 0.1) is 0 Å². The quantitative estimate of drug-likeness (QED) is 0.311. The van der Waals surface area contributed by atoms with Gasteiger partial charge in [-0.2, -0.15) is 0 Å². The van der Waals surface area contributed by atoms with E-state index in [0.717, 1.165) is 3.27 Å². The summed E-state index contributed by atoms with van der Waals surface area (Å²) in [5, 5.41) is 0. The second kappa shape index (κ2) is 5.84. The average molecular weight is 544 g/mol. The van der Waals surface area contributed by atoms with Gasteiger partial charge >= 0.3 is 190 Å². The summed E-state index contributed by atoms with van der Waals surface area (Å²) in [5.41, 5.74) is 7.64. The van der Waals surface area contributed by atoms with Crippen molar-refractivity contribution in [1.82, 2.24) is 0 Å². The van der Waals surface area contributed by atoms with Gasteiger partial charge < -0.3 is 0 Å². The molecule has 0 saturated carbocycles. The third-order valence-corrected chi connectivity index (χ3v) is 47.4. The van der Waals surface area contributed by atoms with Crippen LogP contribution in [0.3, 0.4) is 0 Å². The van der Waals surface area contributed by atoms with Gasteiger partial charge in [0.1, 0.15) is 0 Å². The fourth-order valence-electron chi connectivity index (χ4n) is 7.49. The van der Waals surface area contributed by atoms with Crippen molar-refractivity contribution in [2.75, 3.05) is 0 Å². The zero-order valence-electron chi connectivity index (χ0n) is 18.6. The minimum atomic E-state index is -5.90. The van der Waals surface area contributed by atoms with Crippen molar-refractivity contribution >= 4 is 39.8 Å². The number of halogens is 2. The molecule has 2 aliphatic rings. The Morgan fingerprint density at radius 2 is 1.03 bits per heavy atom. The molecule has 2 unspecified atom stereocenters. The van der Waals surface area contributed by atoms with Gasteiger partial charge in [-0.05, 0) is 0 Å². The van der Waals surface area contributed by atoms with Gasteiger partial charge in [-0.1, -0.05) is 0 Å². The van der Waals surface area contributed by atoms with E-state index in [2.05, 4.69) is 109 Å². The predicted octanol–water partition coefficient (Wildman–Crippen LogP) is 7.03. The third-order valence-electron chi connectivity index (χ3n) is 8.41. The molecule has 0 heterocycles. The molecule has 3 aromatic rings. The molecule has 0 nitrogen and oxygen atoms in total. The molecule has 0 amide bonds. The van der Waals surface area contributed by atoms with Crippen LogP contribution in [-0.2, 0) is 12.6 Å². The first-order valence-electron chi connectivity index (χ1n) is 11.1. The first-order valence-corrected chi connectivity index (χ1v) is 32.3. The SMILES string of the molecule is CC1=Cc2ccccc2[CH]1[Zr]([CH3])([SiH3])([Cl])([Cl])([c]1ccccc1)[CH]1C(C)=Cc2ccccc21. The molecule has 0 fully saturated rings.